The lowest BCUT2D eigenvalue weighted by Gasteiger charge is -2.21. The second-order valence-corrected chi connectivity index (χ2v) is 11.1. The number of imidazole rings is 1. The smallest absolute Gasteiger partial charge is 0.243 e. The first-order valence-corrected chi connectivity index (χ1v) is 13.7. The molecular weight excluding hydrogens is 500 g/mol. The van der Waals surface area contributed by atoms with Crippen LogP contribution in [0.1, 0.15) is 16.7 Å². The summed E-state index contributed by atoms with van der Waals surface area (Å²) in [5.41, 5.74) is 5.61. The zero-order chi connectivity index (χ0) is 27.3. The van der Waals surface area contributed by atoms with Crippen molar-refractivity contribution in [1.29, 1.82) is 0 Å². The van der Waals surface area contributed by atoms with Crippen LogP contribution < -0.4 is 5.32 Å². The first kappa shape index (κ1) is 27.3. The molecule has 0 radical (unpaired) electrons. The van der Waals surface area contributed by atoms with E-state index in [1.165, 1.54) is 7.11 Å². The van der Waals surface area contributed by atoms with Crippen molar-refractivity contribution in [2.24, 2.45) is 0 Å². The van der Waals surface area contributed by atoms with E-state index in [2.05, 4.69) is 10.3 Å². The molecule has 198 valence electrons. The number of methoxy groups -OCH3 is 1. The van der Waals surface area contributed by atoms with E-state index in [1.54, 1.807) is 28.8 Å². The van der Waals surface area contributed by atoms with Gasteiger partial charge in [0.05, 0.1) is 23.7 Å². The third-order valence-electron chi connectivity index (χ3n) is 6.32. The number of benzene rings is 3. The van der Waals surface area contributed by atoms with Crippen LogP contribution in [0.2, 0.25) is 0 Å². The molecule has 0 bridgehead atoms. The number of hydrogen-bond donors (Lipinski definition) is 1. The zero-order valence-electron chi connectivity index (χ0n) is 22.0. The maximum atomic E-state index is 13.4. The van der Waals surface area contributed by atoms with Crippen LogP contribution in [0.5, 0.6) is 0 Å². The van der Waals surface area contributed by atoms with Crippen LogP contribution in [-0.2, 0) is 19.6 Å². The van der Waals surface area contributed by atoms with E-state index >= 15 is 0 Å². The molecule has 38 heavy (non-hydrogen) atoms. The van der Waals surface area contributed by atoms with Crippen molar-refractivity contribution < 1.29 is 17.9 Å². The predicted octanol–water partition coefficient (Wildman–Crippen LogP) is 4.74. The van der Waals surface area contributed by atoms with Gasteiger partial charge in [0.2, 0.25) is 21.9 Å². The highest BCUT2D eigenvalue weighted by atomic mass is 32.2. The van der Waals surface area contributed by atoms with Gasteiger partial charge in [-0.15, -0.1) is 0 Å². The van der Waals surface area contributed by atoms with Crippen LogP contribution in [0, 0.1) is 20.8 Å². The fraction of sp³-hybridized carbons (Fsp3) is 0.241. The van der Waals surface area contributed by atoms with Crippen molar-refractivity contribution in [1.82, 2.24) is 13.9 Å². The third-order valence-corrected chi connectivity index (χ3v) is 8.18. The molecule has 4 aromatic rings. The van der Waals surface area contributed by atoms with Crippen LogP contribution in [0.4, 0.5) is 5.95 Å². The van der Waals surface area contributed by atoms with Gasteiger partial charge in [0.1, 0.15) is 0 Å². The number of amides is 1. The van der Waals surface area contributed by atoms with Crippen molar-refractivity contribution in [2.75, 3.05) is 32.1 Å². The number of carbonyl (C=O) groups excluding carboxylic acids is 1. The van der Waals surface area contributed by atoms with Gasteiger partial charge in [-0.1, -0.05) is 54.1 Å². The predicted molar refractivity (Wildman–Crippen MR) is 149 cm³/mol. The largest absolute Gasteiger partial charge is 0.383 e. The molecule has 0 spiro atoms. The first-order valence-electron chi connectivity index (χ1n) is 12.3. The molecule has 3 aromatic carbocycles. The minimum atomic E-state index is -3.92. The van der Waals surface area contributed by atoms with E-state index < -0.39 is 15.9 Å². The molecule has 1 aromatic heterocycles. The van der Waals surface area contributed by atoms with E-state index in [-0.39, 0.29) is 24.6 Å². The number of hydrogen-bond acceptors (Lipinski definition) is 5. The summed E-state index contributed by atoms with van der Waals surface area (Å²) in [6, 6.07) is 22.2. The number of ether oxygens (including phenoxy) is 1. The summed E-state index contributed by atoms with van der Waals surface area (Å²) >= 11 is 0. The van der Waals surface area contributed by atoms with Crippen molar-refractivity contribution >= 4 is 21.9 Å². The lowest BCUT2D eigenvalue weighted by atomic mass is 10.1. The fourth-order valence-electron chi connectivity index (χ4n) is 3.95. The summed E-state index contributed by atoms with van der Waals surface area (Å²) in [5, 5.41) is 2.84. The second-order valence-electron chi connectivity index (χ2n) is 9.15. The van der Waals surface area contributed by atoms with Crippen LogP contribution >= 0.6 is 0 Å². The average Bonchev–Trinajstić information content (AvgIpc) is 3.32. The minimum Gasteiger partial charge on any atom is -0.383 e. The Kier molecular flexibility index (Phi) is 8.41. The van der Waals surface area contributed by atoms with Crippen molar-refractivity contribution in [3.8, 4) is 16.9 Å². The van der Waals surface area contributed by atoms with Gasteiger partial charge in [-0.25, -0.2) is 13.4 Å². The SMILES string of the molecule is COCCN(CC(=O)Nc1nc(-c2ccccc2)cn1-c1ccc(C)c(C)c1)S(=O)(=O)c1ccc(C)cc1. The summed E-state index contributed by atoms with van der Waals surface area (Å²) in [5.74, 6) is -0.205. The summed E-state index contributed by atoms with van der Waals surface area (Å²) < 4.78 is 34.8. The molecular formula is C29H32N4O4S. The molecule has 0 aliphatic rings. The Bertz CT molecular complexity index is 1510. The van der Waals surface area contributed by atoms with Crippen LogP contribution in [-0.4, -0.2) is 55.0 Å². The molecule has 1 heterocycles. The van der Waals surface area contributed by atoms with Gasteiger partial charge in [-0.05, 0) is 56.2 Å². The van der Waals surface area contributed by atoms with Gasteiger partial charge in [0, 0.05) is 31.1 Å². The maximum Gasteiger partial charge on any atom is 0.243 e. The van der Waals surface area contributed by atoms with E-state index in [1.807, 2.05) is 75.5 Å². The van der Waals surface area contributed by atoms with Gasteiger partial charge in [0.25, 0.3) is 0 Å². The van der Waals surface area contributed by atoms with Crippen LogP contribution in [0.3, 0.4) is 0 Å². The molecule has 9 heteroatoms. The molecule has 0 fully saturated rings. The van der Waals surface area contributed by atoms with Gasteiger partial charge in [0.15, 0.2) is 0 Å². The summed E-state index contributed by atoms with van der Waals surface area (Å²) in [6.45, 7) is 5.73. The Morgan fingerprint density at radius 3 is 2.34 bits per heavy atom. The number of nitrogens with zero attached hydrogens (tertiary/aromatic N) is 3. The monoisotopic (exact) mass is 532 g/mol. The Morgan fingerprint density at radius 1 is 0.974 bits per heavy atom. The molecule has 1 amide bonds. The summed E-state index contributed by atoms with van der Waals surface area (Å²) in [6.07, 6.45) is 1.86. The minimum absolute atomic E-state index is 0.0288. The number of anilines is 1. The van der Waals surface area contributed by atoms with Crippen molar-refractivity contribution in [3.05, 3.63) is 95.7 Å². The van der Waals surface area contributed by atoms with Crippen molar-refractivity contribution in [3.63, 3.8) is 0 Å². The molecule has 0 saturated carbocycles. The topological polar surface area (TPSA) is 93.5 Å². The highest BCUT2D eigenvalue weighted by Gasteiger charge is 2.27. The summed E-state index contributed by atoms with van der Waals surface area (Å²) in [7, 11) is -2.43. The lowest BCUT2D eigenvalue weighted by molar-refractivity contribution is -0.116. The second kappa shape index (κ2) is 11.7. The quantitative estimate of drug-likeness (QED) is 0.318. The average molecular weight is 533 g/mol. The highest BCUT2D eigenvalue weighted by Crippen LogP contribution is 2.25. The molecule has 0 unspecified atom stereocenters. The molecule has 1 N–H and O–H groups in total. The molecule has 0 aliphatic heterocycles. The fourth-order valence-corrected chi connectivity index (χ4v) is 5.33. The van der Waals surface area contributed by atoms with Gasteiger partial charge in [-0.2, -0.15) is 4.31 Å². The zero-order valence-corrected chi connectivity index (χ0v) is 22.8. The lowest BCUT2D eigenvalue weighted by Crippen LogP contribution is -2.40. The molecule has 0 saturated heterocycles. The Labute approximate surface area is 224 Å². The molecule has 8 nitrogen and oxygen atoms in total. The Hall–Kier alpha value is -3.79. The van der Waals surface area contributed by atoms with E-state index in [0.717, 1.165) is 32.2 Å². The van der Waals surface area contributed by atoms with E-state index in [9.17, 15) is 13.2 Å². The number of rotatable bonds is 10. The number of sulfonamides is 1. The number of aromatic nitrogens is 2. The van der Waals surface area contributed by atoms with Crippen LogP contribution in [0.15, 0.2) is 83.9 Å². The van der Waals surface area contributed by atoms with Crippen LogP contribution in [0.25, 0.3) is 16.9 Å². The maximum absolute atomic E-state index is 13.4. The number of carbonyl (C=O) groups is 1. The standard InChI is InChI=1S/C29H32N4O4S/c1-21-10-14-26(15-11-21)38(35,36)32(16-17-37-4)20-28(34)31-29-30-27(24-8-6-5-7-9-24)19-33(29)25-13-12-22(2)23(3)18-25/h5-15,18-19H,16-17,20H2,1-4H3,(H,30,31,34). The molecule has 4 rings (SSSR count). The third kappa shape index (κ3) is 6.19. The Balaban J connectivity index is 1.65. The molecule has 0 aliphatic carbocycles. The highest BCUT2D eigenvalue weighted by molar-refractivity contribution is 7.89. The number of nitrogens with one attached hydrogen (secondary N) is 1. The normalized spacial score (nSPS) is 11.6. The first-order chi connectivity index (χ1) is 18.2. The summed E-state index contributed by atoms with van der Waals surface area (Å²) in [4.78, 5) is 18.1. The van der Waals surface area contributed by atoms with Crippen molar-refractivity contribution in [2.45, 2.75) is 25.7 Å². The number of aryl methyl sites for hydroxylation is 3. The Morgan fingerprint density at radius 2 is 1.68 bits per heavy atom. The van der Waals surface area contributed by atoms with Gasteiger partial charge < -0.3 is 4.74 Å². The van der Waals surface area contributed by atoms with Gasteiger partial charge >= 0.3 is 0 Å². The van der Waals surface area contributed by atoms with E-state index in [0.29, 0.717) is 11.6 Å². The van der Waals surface area contributed by atoms with E-state index in [4.69, 9.17) is 4.74 Å². The van der Waals surface area contributed by atoms with Gasteiger partial charge in [-0.3, -0.25) is 14.7 Å². The molecule has 0 atom stereocenters.